The molecule has 2 aliphatic rings. The second-order valence-corrected chi connectivity index (χ2v) is 8.34. The second-order valence-electron chi connectivity index (χ2n) is 8.34. The molecule has 0 heterocycles. The van der Waals surface area contributed by atoms with Crippen LogP contribution in [0.2, 0.25) is 0 Å². The van der Waals surface area contributed by atoms with Gasteiger partial charge in [-0.2, -0.15) is 0 Å². The zero-order chi connectivity index (χ0) is 16.8. The van der Waals surface area contributed by atoms with Gasteiger partial charge >= 0.3 is 5.97 Å². The van der Waals surface area contributed by atoms with Gasteiger partial charge in [-0.15, -0.1) is 0 Å². The molecule has 0 fully saturated rings. The van der Waals surface area contributed by atoms with Crippen molar-refractivity contribution < 1.29 is 9.53 Å². The van der Waals surface area contributed by atoms with Crippen LogP contribution in [0.4, 0.5) is 0 Å². The van der Waals surface area contributed by atoms with Crippen LogP contribution in [-0.4, -0.2) is 13.1 Å². The van der Waals surface area contributed by atoms with Gasteiger partial charge in [-0.3, -0.25) is 4.79 Å². The maximum atomic E-state index is 11.7. The van der Waals surface area contributed by atoms with E-state index in [1.165, 1.54) is 42.2 Å². The first-order valence-corrected chi connectivity index (χ1v) is 8.69. The molecule has 1 aromatic carbocycles. The third-order valence-electron chi connectivity index (χ3n) is 5.79. The third-order valence-corrected chi connectivity index (χ3v) is 5.79. The van der Waals surface area contributed by atoms with Gasteiger partial charge in [-0.1, -0.05) is 45.9 Å². The van der Waals surface area contributed by atoms with Crippen LogP contribution >= 0.6 is 0 Å². The molecule has 3 rings (SSSR count). The summed E-state index contributed by atoms with van der Waals surface area (Å²) in [5.74, 6) is -0.151. The minimum absolute atomic E-state index is 0.151. The summed E-state index contributed by atoms with van der Waals surface area (Å²) < 4.78 is 4.87. The van der Waals surface area contributed by atoms with Crippen LogP contribution in [-0.2, 0) is 26.8 Å². The number of hydrogen-bond donors (Lipinski definition) is 0. The summed E-state index contributed by atoms with van der Waals surface area (Å²) in [6.07, 6.45) is 7.13. The molecule has 0 radical (unpaired) electrons. The highest BCUT2D eigenvalue weighted by Gasteiger charge is 2.38. The van der Waals surface area contributed by atoms with E-state index >= 15 is 0 Å². The molecule has 0 spiro atoms. The Morgan fingerprint density at radius 1 is 1.09 bits per heavy atom. The van der Waals surface area contributed by atoms with Gasteiger partial charge in [0.2, 0.25) is 0 Å². The van der Waals surface area contributed by atoms with E-state index in [2.05, 4.69) is 45.9 Å². The fourth-order valence-corrected chi connectivity index (χ4v) is 4.07. The zero-order valence-electron chi connectivity index (χ0n) is 15.1. The molecular weight excluding hydrogens is 284 g/mol. The van der Waals surface area contributed by atoms with Crippen molar-refractivity contribution >= 4 is 11.5 Å². The van der Waals surface area contributed by atoms with Crippen molar-refractivity contribution in [1.82, 2.24) is 0 Å². The maximum Gasteiger partial charge on any atom is 0.309 e. The SMILES string of the molecule is COC(=O)CC1=CCCc2cc3c(cc21)C(C)(C)CCC3(C)C. The number of allylic oxidation sites excluding steroid dienone is 1. The Labute approximate surface area is 139 Å². The van der Waals surface area contributed by atoms with Crippen molar-refractivity contribution in [2.75, 3.05) is 7.11 Å². The van der Waals surface area contributed by atoms with E-state index in [1.807, 2.05) is 0 Å². The normalized spacial score (nSPS) is 21.0. The first kappa shape index (κ1) is 16.3. The van der Waals surface area contributed by atoms with Crippen molar-refractivity contribution in [1.29, 1.82) is 0 Å². The molecule has 0 amide bonds. The van der Waals surface area contributed by atoms with E-state index in [1.54, 1.807) is 0 Å². The van der Waals surface area contributed by atoms with Gasteiger partial charge in [0.05, 0.1) is 13.5 Å². The summed E-state index contributed by atoms with van der Waals surface area (Å²) >= 11 is 0. The lowest BCUT2D eigenvalue weighted by Crippen LogP contribution is -2.34. The van der Waals surface area contributed by atoms with Crippen LogP contribution in [0.15, 0.2) is 18.2 Å². The number of benzene rings is 1. The van der Waals surface area contributed by atoms with Crippen molar-refractivity contribution in [2.24, 2.45) is 0 Å². The van der Waals surface area contributed by atoms with Gasteiger partial charge in [0, 0.05) is 0 Å². The van der Waals surface area contributed by atoms with Crippen LogP contribution in [0, 0.1) is 0 Å². The number of rotatable bonds is 2. The molecule has 0 atom stereocenters. The topological polar surface area (TPSA) is 26.3 Å². The lowest BCUT2D eigenvalue weighted by atomic mass is 9.62. The molecule has 1 aromatic rings. The van der Waals surface area contributed by atoms with Crippen molar-refractivity contribution in [2.45, 2.75) is 70.6 Å². The van der Waals surface area contributed by atoms with Crippen LogP contribution in [0.1, 0.15) is 75.6 Å². The van der Waals surface area contributed by atoms with Gasteiger partial charge in [-0.05, 0) is 64.3 Å². The van der Waals surface area contributed by atoms with E-state index in [-0.39, 0.29) is 16.8 Å². The minimum Gasteiger partial charge on any atom is -0.469 e. The lowest BCUT2D eigenvalue weighted by molar-refractivity contribution is -0.139. The Kier molecular flexibility index (Phi) is 3.90. The van der Waals surface area contributed by atoms with Gasteiger partial charge in [0.15, 0.2) is 0 Å². The first-order chi connectivity index (χ1) is 10.7. The van der Waals surface area contributed by atoms with E-state index in [0.29, 0.717) is 6.42 Å². The molecule has 2 aliphatic carbocycles. The Bertz CT molecular complexity index is 677. The molecule has 0 saturated carbocycles. The highest BCUT2D eigenvalue weighted by Crippen LogP contribution is 2.48. The fourth-order valence-electron chi connectivity index (χ4n) is 4.07. The molecular formula is C21H28O2. The molecule has 0 saturated heterocycles. The van der Waals surface area contributed by atoms with Crippen LogP contribution in [0.5, 0.6) is 0 Å². The summed E-state index contributed by atoms with van der Waals surface area (Å²) in [6, 6.07) is 4.80. The molecule has 0 unspecified atom stereocenters. The van der Waals surface area contributed by atoms with E-state index in [9.17, 15) is 4.79 Å². The molecule has 2 heteroatoms. The average Bonchev–Trinajstić information content (AvgIpc) is 2.51. The smallest absolute Gasteiger partial charge is 0.309 e. The summed E-state index contributed by atoms with van der Waals surface area (Å²) in [4.78, 5) is 11.7. The molecule has 0 aromatic heterocycles. The Morgan fingerprint density at radius 2 is 1.70 bits per heavy atom. The van der Waals surface area contributed by atoms with Crippen molar-refractivity contribution in [3.63, 3.8) is 0 Å². The first-order valence-electron chi connectivity index (χ1n) is 8.69. The monoisotopic (exact) mass is 312 g/mol. The molecule has 0 aliphatic heterocycles. The van der Waals surface area contributed by atoms with Crippen LogP contribution in [0.25, 0.3) is 5.57 Å². The number of carbonyl (C=O) groups excluding carboxylic acids is 1. The highest BCUT2D eigenvalue weighted by molar-refractivity contribution is 5.87. The average molecular weight is 312 g/mol. The number of carbonyl (C=O) groups is 1. The molecule has 0 N–H and O–H groups in total. The number of esters is 1. The van der Waals surface area contributed by atoms with E-state index in [4.69, 9.17) is 4.74 Å². The zero-order valence-corrected chi connectivity index (χ0v) is 15.1. The maximum absolute atomic E-state index is 11.7. The Balaban J connectivity index is 2.12. The van der Waals surface area contributed by atoms with Gasteiger partial charge in [0.25, 0.3) is 0 Å². The third kappa shape index (κ3) is 2.84. The molecule has 0 bridgehead atoms. The summed E-state index contributed by atoms with van der Waals surface area (Å²) in [6.45, 7) is 9.42. The number of methoxy groups -OCH3 is 1. The predicted octanol–water partition coefficient (Wildman–Crippen LogP) is 4.93. The van der Waals surface area contributed by atoms with Crippen LogP contribution < -0.4 is 0 Å². The Hall–Kier alpha value is -1.57. The Morgan fingerprint density at radius 3 is 2.30 bits per heavy atom. The molecule has 124 valence electrons. The fraction of sp³-hybridized carbons (Fsp3) is 0.571. The minimum atomic E-state index is -0.151. The van der Waals surface area contributed by atoms with Gasteiger partial charge in [-0.25, -0.2) is 0 Å². The molecule has 2 nitrogen and oxygen atoms in total. The van der Waals surface area contributed by atoms with Gasteiger partial charge in [0.1, 0.15) is 0 Å². The number of fused-ring (bicyclic) bond motifs is 2. The predicted molar refractivity (Wildman–Crippen MR) is 94.7 cm³/mol. The standard InChI is InChI=1S/C21H28O2/c1-20(2)9-10-21(3,4)18-13-16-14(11-17(18)20)7-6-8-15(16)12-19(22)23-5/h8,11,13H,6-7,9-10,12H2,1-5H3. The van der Waals surface area contributed by atoms with E-state index in [0.717, 1.165) is 18.4 Å². The number of aryl methyl sites for hydroxylation is 1. The number of ether oxygens (including phenoxy) is 1. The summed E-state index contributed by atoms with van der Waals surface area (Å²) in [5.41, 5.74) is 7.22. The summed E-state index contributed by atoms with van der Waals surface area (Å²) in [5, 5.41) is 0. The van der Waals surface area contributed by atoms with Crippen LogP contribution in [0.3, 0.4) is 0 Å². The van der Waals surface area contributed by atoms with E-state index < -0.39 is 0 Å². The highest BCUT2D eigenvalue weighted by atomic mass is 16.5. The lowest BCUT2D eigenvalue weighted by Gasteiger charge is -2.43. The summed E-state index contributed by atoms with van der Waals surface area (Å²) in [7, 11) is 1.46. The van der Waals surface area contributed by atoms with Crippen molar-refractivity contribution in [3.8, 4) is 0 Å². The second kappa shape index (κ2) is 5.51. The largest absolute Gasteiger partial charge is 0.469 e. The molecule has 23 heavy (non-hydrogen) atoms. The quantitative estimate of drug-likeness (QED) is 0.724. The number of hydrogen-bond acceptors (Lipinski definition) is 2. The van der Waals surface area contributed by atoms with Crippen molar-refractivity contribution in [3.05, 3.63) is 40.5 Å². The van der Waals surface area contributed by atoms with Gasteiger partial charge < -0.3 is 4.74 Å².